The Morgan fingerprint density at radius 2 is 1.60 bits per heavy atom. The molecular formula is C18H22N2O4S. The van der Waals surface area contributed by atoms with E-state index in [1.807, 2.05) is 32.0 Å². The fourth-order valence-electron chi connectivity index (χ4n) is 2.35. The van der Waals surface area contributed by atoms with Crippen LogP contribution in [0.4, 0.5) is 5.69 Å². The molecule has 0 fully saturated rings. The van der Waals surface area contributed by atoms with Gasteiger partial charge in [0.15, 0.2) is 0 Å². The lowest BCUT2D eigenvalue weighted by molar-refractivity contribution is -0.117. The van der Waals surface area contributed by atoms with Crippen LogP contribution >= 0.6 is 0 Å². The zero-order chi connectivity index (χ0) is 18.6. The zero-order valence-corrected chi connectivity index (χ0v) is 15.5. The molecule has 1 amide bonds. The Kier molecular flexibility index (Phi) is 5.81. The van der Waals surface area contributed by atoms with Crippen LogP contribution in [0, 0.1) is 13.8 Å². The number of carbonyl (C=O) groups excluding carboxylic acids is 1. The summed E-state index contributed by atoms with van der Waals surface area (Å²) < 4.78 is 32.2. The van der Waals surface area contributed by atoms with E-state index in [9.17, 15) is 13.2 Å². The van der Waals surface area contributed by atoms with Gasteiger partial charge in [0, 0.05) is 5.69 Å². The highest BCUT2D eigenvalue weighted by Crippen LogP contribution is 2.20. The van der Waals surface area contributed by atoms with Crippen molar-refractivity contribution < 1.29 is 17.9 Å². The van der Waals surface area contributed by atoms with Crippen molar-refractivity contribution in [2.24, 2.45) is 0 Å². The summed E-state index contributed by atoms with van der Waals surface area (Å²) in [5, 5.41) is 2.78. The SMILES string of the molecule is COc1ccc(S(=O)(=O)NC(C)C(=O)Nc2c(C)cccc2C)cc1. The van der Waals surface area contributed by atoms with Gasteiger partial charge in [-0.25, -0.2) is 8.42 Å². The smallest absolute Gasteiger partial charge is 0.242 e. The van der Waals surface area contributed by atoms with Crippen molar-refractivity contribution in [1.82, 2.24) is 4.72 Å². The molecule has 0 spiro atoms. The molecule has 2 N–H and O–H groups in total. The number of nitrogens with one attached hydrogen (secondary N) is 2. The van der Waals surface area contributed by atoms with Gasteiger partial charge in [-0.05, 0) is 56.2 Å². The number of hydrogen-bond donors (Lipinski definition) is 2. The Morgan fingerprint density at radius 3 is 2.12 bits per heavy atom. The first kappa shape index (κ1) is 19.0. The molecule has 1 atom stereocenters. The van der Waals surface area contributed by atoms with Gasteiger partial charge in [-0.1, -0.05) is 18.2 Å². The summed E-state index contributed by atoms with van der Waals surface area (Å²) >= 11 is 0. The van der Waals surface area contributed by atoms with Crippen molar-refractivity contribution in [2.75, 3.05) is 12.4 Å². The standard InChI is InChI=1S/C18H22N2O4S/c1-12-6-5-7-13(2)17(12)19-18(21)14(3)20-25(22,23)16-10-8-15(24-4)9-11-16/h5-11,14,20H,1-4H3,(H,19,21). The maximum Gasteiger partial charge on any atom is 0.242 e. The van der Waals surface area contributed by atoms with E-state index in [1.165, 1.54) is 26.2 Å². The Hall–Kier alpha value is -2.38. The van der Waals surface area contributed by atoms with Crippen LogP contribution in [-0.4, -0.2) is 27.5 Å². The van der Waals surface area contributed by atoms with Crippen molar-refractivity contribution in [3.05, 3.63) is 53.6 Å². The molecule has 0 bridgehead atoms. The molecule has 1 unspecified atom stereocenters. The van der Waals surface area contributed by atoms with Gasteiger partial charge in [-0.15, -0.1) is 0 Å². The molecule has 0 saturated carbocycles. The molecule has 0 aliphatic carbocycles. The molecule has 134 valence electrons. The molecule has 25 heavy (non-hydrogen) atoms. The van der Waals surface area contributed by atoms with Gasteiger partial charge < -0.3 is 10.1 Å². The van der Waals surface area contributed by atoms with E-state index in [-0.39, 0.29) is 4.90 Å². The number of methoxy groups -OCH3 is 1. The van der Waals surface area contributed by atoms with Crippen molar-refractivity contribution in [3.63, 3.8) is 0 Å². The van der Waals surface area contributed by atoms with Gasteiger partial charge in [-0.3, -0.25) is 4.79 Å². The fourth-order valence-corrected chi connectivity index (χ4v) is 3.56. The number of benzene rings is 2. The predicted molar refractivity (Wildman–Crippen MR) is 97.3 cm³/mol. The normalized spacial score (nSPS) is 12.5. The lowest BCUT2D eigenvalue weighted by atomic mass is 10.1. The van der Waals surface area contributed by atoms with Gasteiger partial charge in [0.1, 0.15) is 5.75 Å². The second kappa shape index (κ2) is 7.67. The summed E-state index contributed by atoms with van der Waals surface area (Å²) in [4.78, 5) is 12.4. The molecule has 7 heteroatoms. The summed E-state index contributed by atoms with van der Waals surface area (Å²) in [6.07, 6.45) is 0. The van der Waals surface area contributed by atoms with E-state index in [1.54, 1.807) is 12.1 Å². The number of amides is 1. The topological polar surface area (TPSA) is 84.5 Å². The van der Waals surface area contributed by atoms with Gasteiger partial charge in [0.2, 0.25) is 15.9 Å². The van der Waals surface area contributed by atoms with Crippen LogP contribution in [0.15, 0.2) is 47.4 Å². The molecule has 6 nitrogen and oxygen atoms in total. The summed E-state index contributed by atoms with van der Waals surface area (Å²) in [5.41, 5.74) is 2.53. The van der Waals surface area contributed by atoms with Crippen LogP contribution in [-0.2, 0) is 14.8 Å². The predicted octanol–water partition coefficient (Wildman–Crippen LogP) is 2.62. The van der Waals surface area contributed by atoms with Gasteiger partial charge in [0.25, 0.3) is 0 Å². The average Bonchev–Trinajstić information content (AvgIpc) is 2.57. The van der Waals surface area contributed by atoms with Crippen LogP contribution in [0.1, 0.15) is 18.1 Å². The second-order valence-electron chi connectivity index (χ2n) is 5.77. The Labute approximate surface area is 148 Å². The van der Waals surface area contributed by atoms with E-state index < -0.39 is 22.0 Å². The number of carbonyl (C=O) groups is 1. The van der Waals surface area contributed by atoms with E-state index in [2.05, 4.69) is 10.0 Å². The van der Waals surface area contributed by atoms with E-state index in [0.29, 0.717) is 11.4 Å². The van der Waals surface area contributed by atoms with Crippen molar-refractivity contribution >= 4 is 21.6 Å². The lowest BCUT2D eigenvalue weighted by Gasteiger charge is -2.17. The number of sulfonamides is 1. The third-order valence-electron chi connectivity index (χ3n) is 3.82. The van der Waals surface area contributed by atoms with Crippen LogP contribution < -0.4 is 14.8 Å². The van der Waals surface area contributed by atoms with Crippen LogP contribution in [0.25, 0.3) is 0 Å². The van der Waals surface area contributed by atoms with Crippen LogP contribution in [0.2, 0.25) is 0 Å². The molecule has 2 rings (SSSR count). The Morgan fingerprint density at radius 1 is 1.04 bits per heavy atom. The number of aryl methyl sites for hydroxylation is 2. The first-order valence-corrected chi connectivity index (χ1v) is 9.26. The van der Waals surface area contributed by atoms with Crippen molar-refractivity contribution in [3.8, 4) is 5.75 Å². The number of ether oxygens (including phenoxy) is 1. The van der Waals surface area contributed by atoms with Gasteiger partial charge >= 0.3 is 0 Å². The zero-order valence-electron chi connectivity index (χ0n) is 14.7. The Balaban J connectivity index is 2.11. The maximum absolute atomic E-state index is 12.4. The number of anilines is 1. The highest BCUT2D eigenvalue weighted by atomic mass is 32.2. The molecule has 0 aliphatic heterocycles. The van der Waals surface area contributed by atoms with Gasteiger partial charge in [0.05, 0.1) is 18.0 Å². The third-order valence-corrected chi connectivity index (χ3v) is 5.38. The first-order valence-electron chi connectivity index (χ1n) is 7.78. The largest absolute Gasteiger partial charge is 0.497 e. The van der Waals surface area contributed by atoms with E-state index >= 15 is 0 Å². The lowest BCUT2D eigenvalue weighted by Crippen LogP contribution is -2.41. The quantitative estimate of drug-likeness (QED) is 0.827. The molecule has 0 heterocycles. The maximum atomic E-state index is 12.4. The van der Waals surface area contributed by atoms with Crippen molar-refractivity contribution in [2.45, 2.75) is 31.7 Å². The summed E-state index contributed by atoms with van der Waals surface area (Å²) in [6, 6.07) is 10.7. The summed E-state index contributed by atoms with van der Waals surface area (Å²) in [5.74, 6) is 0.134. The molecule has 2 aromatic rings. The molecule has 0 radical (unpaired) electrons. The molecule has 0 aromatic heterocycles. The van der Waals surface area contributed by atoms with E-state index in [4.69, 9.17) is 4.74 Å². The highest BCUT2D eigenvalue weighted by molar-refractivity contribution is 7.89. The molecular weight excluding hydrogens is 340 g/mol. The van der Waals surface area contributed by atoms with Crippen LogP contribution in [0.3, 0.4) is 0 Å². The minimum atomic E-state index is -3.81. The number of hydrogen-bond acceptors (Lipinski definition) is 4. The summed E-state index contributed by atoms with van der Waals surface area (Å²) in [6.45, 7) is 5.27. The number of para-hydroxylation sites is 1. The molecule has 0 aliphatic rings. The van der Waals surface area contributed by atoms with Crippen LogP contribution in [0.5, 0.6) is 5.75 Å². The number of rotatable bonds is 6. The monoisotopic (exact) mass is 362 g/mol. The minimum absolute atomic E-state index is 0.0695. The molecule has 0 saturated heterocycles. The van der Waals surface area contributed by atoms with Gasteiger partial charge in [-0.2, -0.15) is 4.72 Å². The second-order valence-corrected chi connectivity index (χ2v) is 7.49. The highest BCUT2D eigenvalue weighted by Gasteiger charge is 2.22. The third kappa shape index (κ3) is 4.58. The average molecular weight is 362 g/mol. The molecule has 2 aromatic carbocycles. The van der Waals surface area contributed by atoms with E-state index in [0.717, 1.165) is 11.1 Å². The Bertz CT molecular complexity index is 841. The summed E-state index contributed by atoms with van der Waals surface area (Å²) in [7, 11) is -2.31. The minimum Gasteiger partial charge on any atom is -0.497 e. The van der Waals surface area contributed by atoms with Crippen molar-refractivity contribution in [1.29, 1.82) is 0 Å². The fraction of sp³-hybridized carbons (Fsp3) is 0.278. The first-order chi connectivity index (χ1) is 11.7.